The Kier molecular flexibility index (Phi) is 12.3. The third-order valence-corrected chi connectivity index (χ3v) is 5.79. The van der Waals surface area contributed by atoms with E-state index in [0.717, 1.165) is 37.7 Å². The lowest BCUT2D eigenvalue weighted by molar-refractivity contribution is -0.129. The number of unbranched alkanes of at least 4 members (excludes halogenated alkanes) is 4. The molecule has 0 aromatic heterocycles. The Morgan fingerprint density at radius 1 is 0.811 bits per heavy atom. The van der Waals surface area contributed by atoms with Crippen molar-refractivity contribution in [1.29, 1.82) is 0 Å². The fourth-order valence-corrected chi connectivity index (χ4v) is 3.81. The van der Waals surface area contributed by atoms with Crippen molar-refractivity contribution in [3.05, 3.63) is 47.0 Å². The molecule has 37 heavy (non-hydrogen) atoms. The minimum absolute atomic E-state index is 0.172. The largest absolute Gasteiger partial charge is 0.493 e. The van der Waals surface area contributed by atoms with Gasteiger partial charge in [0, 0.05) is 12.0 Å². The molecular formula is C28H37NO8. The number of Topliss-reactive ketones (excluding diaryl/α,β-unsaturated/α-hetero) is 1. The zero-order valence-electron chi connectivity index (χ0n) is 22.2. The lowest BCUT2D eigenvalue weighted by atomic mass is 10.0. The van der Waals surface area contributed by atoms with Crippen LogP contribution in [-0.4, -0.2) is 51.9 Å². The molecule has 2 aromatic rings. The van der Waals surface area contributed by atoms with Gasteiger partial charge >= 0.3 is 0 Å². The van der Waals surface area contributed by atoms with Crippen LogP contribution < -0.4 is 29.2 Å². The maximum Gasteiger partial charge on any atom is 0.243 e. The number of carbonyl (C=O) groups is 2. The molecule has 0 heterocycles. The molecule has 0 aliphatic rings. The van der Waals surface area contributed by atoms with E-state index in [1.807, 2.05) is 18.2 Å². The van der Waals surface area contributed by atoms with E-state index in [1.54, 1.807) is 37.7 Å². The number of rotatable bonds is 16. The van der Waals surface area contributed by atoms with Crippen LogP contribution in [0.4, 0.5) is 0 Å². The Balaban J connectivity index is 2.04. The maximum atomic E-state index is 13.2. The van der Waals surface area contributed by atoms with Crippen molar-refractivity contribution in [2.24, 2.45) is 0 Å². The molecule has 9 heteroatoms. The lowest BCUT2D eigenvalue weighted by Gasteiger charge is -2.14. The number of allylic oxidation sites excluding steroid dienone is 1. The van der Waals surface area contributed by atoms with Crippen molar-refractivity contribution < 1.29 is 38.5 Å². The highest BCUT2D eigenvalue weighted by Gasteiger charge is 2.18. The summed E-state index contributed by atoms with van der Waals surface area (Å²) in [5, 5.41) is 8.50. The Bertz CT molecular complexity index is 1050. The first-order valence-electron chi connectivity index (χ1n) is 12.1. The average Bonchev–Trinajstić information content (AvgIpc) is 2.92. The molecule has 0 spiro atoms. The molecule has 0 radical (unpaired) electrons. The normalized spacial score (nSPS) is 11.0. The van der Waals surface area contributed by atoms with Crippen molar-refractivity contribution in [1.82, 2.24) is 5.48 Å². The van der Waals surface area contributed by atoms with E-state index >= 15 is 0 Å². The number of nitrogens with one attached hydrogen (secondary N) is 1. The van der Waals surface area contributed by atoms with E-state index in [0.29, 0.717) is 52.9 Å². The standard InChI is InChI=1S/C28H37NO8/c1-19(27(31)21-17-24(34-3)28(36-5)25(18-21)35-4)15-20-12-13-22(33-2)23(16-20)37-14-10-8-6-7-9-11-26(30)29-32/h12-13,15-18,32H,6-11,14H2,1-5H3,(H,29,30)/b19-15+. The summed E-state index contributed by atoms with van der Waals surface area (Å²) in [6, 6.07) is 8.78. The van der Waals surface area contributed by atoms with Gasteiger partial charge in [0.05, 0.1) is 35.0 Å². The van der Waals surface area contributed by atoms with Crippen LogP contribution >= 0.6 is 0 Å². The number of ketones is 1. The minimum atomic E-state index is -0.357. The summed E-state index contributed by atoms with van der Waals surface area (Å²) in [4.78, 5) is 24.2. The smallest absolute Gasteiger partial charge is 0.243 e. The molecule has 0 saturated heterocycles. The third kappa shape index (κ3) is 8.71. The molecular weight excluding hydrogens is 478 g/mol. The Morgan fingerprint density at radius 2 is 1.43 bits per heavy atom. The number of methoxy groups -OCH3 is 4. The highest BCUT2D eigenvalue weighted by atomic mass is 16.5. The van der Waals surface area contributed by atoms with Crippen LogP contribution in [-0.2, 0) is 4.79 Å². The van der Waals surface area contributed by atoms with Gasteiger partial charge in [0.1, 0.15) is 0 Å². The van der Waals surface area contributed by atoms with Crippen LogP contribution in [0.5, 0.6) is 28.7 Å². The molecule has 202 valence electrons. The Labute approximate surface area is 218 Å². The predicted octanol–water partition coefficient (Wildman–Crippen LogP) is 5.23. The van der Waals surface area contributed by atoms with Crippen LogP contribution in [0.1, 0.15) is 61.4 Å². The first-order valence-corrected chi connectivity index (χ1v) is 12.1. The summed E-state index contributed by atoms with van der Waals surface area (Å²) in [5.74, 6) is 1.93. The zero-order valence-corrected chi connectivity index (χ0v) is 22.2. The molecule has 1 amide bonds. The van der Waals surface area contributed by atoms with E-state index in [1.165, 1.54) is 21.3 Å². The first-order chi connectivity index (χ1) is 17.9. The second-order valence-electron chi connectivity index (χ2n) is 8.38. The Morgan fingerprint density at radius 3 is 2.03 bits per heavy atom. The van der Waals surface area contributed by atoms with Gasteiger partial charge in [-0.05, 0) is 61.2 Å². The van der Waals surface area contributed by atoms with E-state index < -0.39 is 0 Å². The van der Waals surface area contributed by atoms with Crippen LogP contribution in [0.3, 0.4) is 0 Å². The maximum absolute atomic E-state index is 13.2. The molecule has 0 bridgehead atoms. The van der Waals surface area contributed by atoms with E-state index in [4.69, 9.17) is 28.9 Å². The summed E-state index contributed by atoms with van der Waals surface area (Å²) in [6.45, 7) is 2.27. The van der Waals surface area contributed by atoms with Gasteiger partial charge in [-0.3, -0.25) is 14.8 Å². The zero-order chi connectivity index (χ0) is 27.2. The van der Waals surface area contributed by atoms with Crippen molar-refractivity contribution in [3.63, 3.8) is 0 Å². The number of carbonyl (C=O) groups excluding carboxylic acids is 2. The van der Waals surface area contributed by atoms with Crippen molar-refractivity contribution >= 4 is 17.8 Å². The van der Waals surface area contributed by atoms with Gasteiger partial charge in [-0.2, -0.15) is 0 Å². The number of ether oxygens (including phenoxy) is 5. The second kappa shape index (κ2) is 15.4. The van der Waals surface area contributed by atoms with Gasteiger partial charge < -0.3 is 23.7 Å². The quantitative estimate of drug-likeness (QED) is 0.103. The summed E-state index contributed by atoms with van der Waals surface area (Å²) >= 11 is 0. The second-order valence-corrected chi connectivity index (χ2v) is 8.38. The third-order valence-electron chi connectivity index (χ3n) is 5.79. The van der Waals surface area contributed by atoms with E-state index in [2.05, 4.69) is 0 Å². The number of benzene rings is 2. The SMILES string of the molecule is COc1ccc(/C=C(\C)C(=O)c2cc(OC)c(OC)c(OC)c2)cc1OCCCCCCCC(=O)NO. The summed E-state index contributed by atoms with van der Waals surface area (Å²) < 4.78 is 27.5. The highest BCUT2D eigenvalue weighted by molar-refractivity contribution is 6.11. The molecule has 0 unspecified atom stereocenters. The Hall–Kier alpha value is -3.72. The summed E-state index contributed by atoms with van der Waals surface area (Å²) in [7, 11) is 6.11. The number of hydrogen-bond acceptors (Lipinski definition) is 8. The molecule has 9 nitrogen and oxygen atoms in total. The average molecular weight is 516 g/mol. The van der Waals surface area contributed by atoms with E-state index in [-0.39, 0.29) is 11.7 Å². The highest BCUT2D eigenvalue weighted by Crippen LogP contribution is 2.39. The van der Waals surface area contributed by atoms with Crippen LogP contribution in [0.25, 0.3) is 6.08 Å². The van der Waals surface area contributed by atoms with Crippen LogP contribution in [0.15, 0.2) is 35.9 Å². The topological polar surface area (TPSA) is 113 Å². The molecule has 2 aromatic carbocycles. The molecule has 0 fully saturated rings. The van der Waals surface area contributed by atoms with Gasteiger partial charge in [0.25, 0.3) is 0 Å². The minimum Gasteiger partial charge on any atom is -0.493 e. The number of hydroxylamine groups is 1. The molecule has 2 rings (SSSR count). The molecule has 0 atom stereocenters. The predicted molar refractivity (Wildman–Crippen MR) is 140 cm³/mol. The van der Waals surface area contributed by atoms with Crippen molar-refractivity contribution in [2.45, 2.75) is 45.4 Å². The van der Waals surface area contributed by atoms with Gasteiger partial charge in [-0.1, -0.05) is 25.3 Å². The van der Waals surface area contributed by atoms with Crippen molar-refractivity contribution in [3.8, 4) is 28.7 Å². The van der Waals surface area contributed by atoms with Crippen molar-refractivity contribution in [2.75, 3.05) is 35.0 Å². The first kappa shape index (κ1) is 29.5. The van der Waals surface area contributed by atoms with Gasteiger partial charge in [-0.25, -0.2) is 5.48 Å². The fourth-order valence-electron chi connectivity index (χ4n) is 3.81. The molecule has 0 aliphatic carbocycles. The van der Waals surface area contributed by atoms with Crippen LogP contribution in [0, 0.1) is 0 Å². The van der Waals surface area contributed by atoms with E-state index in [9.17, 15) is 9.59 Å². The van der Waals surface area contributed by atoms with Crippen LogP contribution in [0.2, 0.25) is 0 Å². The van der Waals surface area contributed by atoms with Gasteiger partial charge in [-0.15, -0.1) is 0 Å². The fraction of sp³-hybridized carbons (Fsp3) is 0.429. The number of amides is 1. The monoisotopic (exact) mass is 515 g/mol. The summed E-state index contributed by atoms with van der Waals surface area (Å²) in [6.07, 6.45) is 6.57. The van der Waals surface area contributed by atoms with Gasteiger partial charge in [0.2, 0.25) is 11.7 Å². The van der Waals surface area contributed by atoms with Gasteiger partial charge in [0.15, 0.2) is 28.8 Å². The lowest BCUT2D eigenvalue weighted by Crippen LogP contribution is -2.17. The summed E-state index contributed by atoms with van der Waals surface area (Å²) in [5.41, 5.74) is 3.39. The molecule has 0 aliphatic heterocycles. The number of hydrogen-bond donors (Lipinski definition) is 2. The molecule has 2 N–H and O–H groups in total. The molecule has 0 saturated carbocycles.